The van der Waals surface area contributed by atoms with Gasteiger partial charge in [0.15, 0.2) is 11.5 Å². The summed E-state index contributed by atoms with van der Waals surface area (Å²) in [6.07, 6.45) is 2.85. The van der Waals surface area contributed by atoms with Crippen molar-refractivity contribution in [2.75, 3.05) is 14.2 Å². The summed E-state index contributed by atoms with van der Waals surface area (Å²) in [5.74, 6) is 1.37. The van der Waals surface area contributed by atoms with E-state index < -0.39 is 0 Å². The number of benzene rings is 1. The third kappa shape index (κ3) is 2.21. The smallest absolute Gasteiger partial charge is 0.161 e. The van der Waals surface area contributed by atoms with Crippen LogP contribution < -0.4 is 9.47 Å². The molecule has 0 unspecified atom stereocenters. The average Bonchev–Trinajstić information content (AvgIpc) is 2.43. The highest BCUT2D eigenvalue weighted by Gasteiger charge is 2.09. The first kappa shape index (κ1) is 12.2. The van der Waals surface area contributed by atoms with Crippen LogP contribution in [0.25, 0.3) is 10.8 Å². The zero-order valence-electron chi connectivity index (χ0n) is 10.4. The van der Waals surface area contributed by atoms with Crippen molar-refractivity contribution in [1.29, 1.82) is 5.26 Å². The quantitative estimate of drug-likeness (QED) is 0.827. The SMILES string of the molecule is COc1cc2ccnc(CCC#N)c2cc1OC. The molecule has 0 aliphatic rings. The van der Waals surface area contributed by atoms with Crippen molar-refractivity contribution in [3.63, 3.8) is 0 Å². The Hall–Kier alpha value is -2.28. The minimum Gasteiger partial charge on any atom is -0.493 e. The molecule has 18 heavy (non-hydrogen) atoms. The summed E-state index contributed by atoms with van der Waals surface area (Å²) in [4.78, 5) is 4.33. The number of ether oxygens (including phenoxy) is 2. The van der Waals surface area contributed by atoms with Crippen molar-refractivity contribution in [1.82, 2.24) is 4.98 Å². The lowest BCUT2D eigenvalue weighted by molar-refractivity contribution is 0.356. The summed E-state index contributed by atoms with van der Waals surface area (Å²) in [7, 11) is 3.22. The van der Waals surface area contributed by atoms with Crippen molar-refractivity contribution >= 4 is 10.8 Å². The molecule has 0 saturated heterocycles. The average molecular weight is 242 g/mol. The van der Waals surface area contributed by atoms with E-state index in [2.05, 4.69) is 11.1 Å². The van der Waals surface area contributed by atoms with Gasteiger partial charge in [0.2, 0.25) is 0 Å². The molecule has 0 radical (unpaired) electrons. The largest absolute Gasteiger partial charge is 0.493 e. The van der Waals surface area contributed by atoms with E-state index in [1.807, 2.05) is 18.2 Å². The molecule has 2 aromatic rings. The molecule has 0 aliphatic heterocycles. The molecule has 92 valence electrons. The van der Waals surface area contributed by atoms with E-state index >= 15 is 0 Å². The standard InChI is InChI=1S/C14H14N2O2/c1-17-13-8-10-5-7-16-12(4-3-6-15)11(10)9-14(13)18-2/h5,7-9H,3-4H2,1-2H3. The molecule has 0 spiro atoms. The van der Waals surface area contributed by atoms with Crippen LogP contribution in [0.1, 0.15) is 12.1 Å². The Morgan fingerprint density at radius 2 is 1.94 bits per heavy atom. The second-order valence-corrected chi connectivity index (χ2v) is 3.84. The molecular formula is C14H14N2O2. The van der Waals surface area contributed by atoms with Crippen LogP contribution in [0.2, 0.25) is 0 Å². The number of hydrogen-bond acceptors (Lipinski definition) is 4. The number of nitriles is 1. The maximum Gasteiger partial charge on any atom is 0.161 e. The first-order valence-electron chi connectivity index (χ1n) is 5.66. The number of aryl methyl sites for hydroxylation is 1. The normalized spacial score (nSPS) is 10.1. The van der Waals surface area contributed by atoms with Crippen LogP contribution in [0.5, 0.6) is 11.5 Å². The second-order valence-electron chi connectivity index (χ2n) is 3.84. The molecule has 4 nitrogen and oxygen atoms in total. The van der Waals surface area contributed by atoms with E-state index in [1.54, 1.807) is 20.4 Å². The van der Waals surface area contributed by atoms with Crippen LogP contribution in [0.4, 0.5) is 0 Å². The molecule has 0 atom stereocenters. The van der Waals surface area contributed by atoms with Gasteiger partial charge >= 0.3 is 0 Å². The van der Waals surface area contributed by atoms with Crippen LogP contribution in [-0.2, 0) is 6.42 Å². The molecule has 0 N–H and O–H groups in total. The molecule has 0 aliphatic carbocycles. The van der Waals surface area contributed by atoms with Gasteiger partial charge in [0, 0.05) is 30.1 Å². The summed E-state index contributed by atoms with van der Waals surface area (Å²) in [6.45, 7) is 0. The van der Waals surface area contributed by atoms with Gasteiger partial charge in [-0.3, -0.25) is 4.98 Å². The Bertz CT molecular complexity index is 603. The minimum absolute atomic E-state index is 0.459. The highest BCUT2D eigenvalue weighted by molar-refractivity contribution is 5.87. The number of aromatic nitrogens is 1. The fourth-order valence-corrected chi connectivity index (χ4v) is 1.93. The highest BCUT2D eigenvalue weighted by Crippen LogP contribution is 2.33. The van der Waals surface area contributed by atoms with Gasteiger partial charge in [-0.2, -0.15) is 5.26 Å². The van der Waals surface area contributed by atoms with E-state index in [0.717, 1.165) is 16.5 Å². The Labute approximate surface area is 106 Å². The first-order valence-corrected chi connectivity index (χ1v) is 5.66. The third-order valence-electron chi connectivity index (χ3n) is 2.82. The number of rotatable bonds is 4. The van der Waals surface area contributed by atoms with E-state index in [1.165, 1.54) is 0 Å². The summed E-state index contributed by atoms with van der Waals surface area (Å²) in [5, 5.41) is 10.7. The summed E-state index contributed by atoms with van der Waals surface area (Å²) in [6, 6.07) is 7.89. The van der Waals surface area contributed by atoms with Crippen LogP contribution in [0.3, 0.4) is 0 Å². The maximum absolute atomic E-state index is 8.66. The van der Waals surface area contributed by atoms with Crippen molar-refractivity contribution < 1.29 is 9.47 Å². The van der Waals surface area contributed by atoms with Gasteiger partial charge in [-0.1, -0.05) is 0 Å². The Morgan fingerprint density at radius 3 is 2.61 bits per heavy atom. The van der Waals surface area contributed by atoms with Gasteiger partial charge in [0.05, 0.1) is 20.3 Å². The summed E-state index contributed by atoms with van der Waals surface area (Å²) < 4.78 is 10.6. The molecule has 0 bridgehead atoms. The maximum atomic E-state index is 8.66. The van der Waals surface area contributed by atoms with Crippen LogP contribution in [-0.4, -0.2) is 19.2 Å². The molecular weight excluding hydrogens is 228 g/mol. The van der Waals surface area contributed by atoms with E-state index in [-0.39, 0.29) is 0 Å². The molecule has 0 saturated carbocycles. The fourth-order valence-electron chi connectivity index (χ4n) is 1.93. The molecule has 1 aromatic heterocycles. The molecule has 2 rings (SSSR count). The summed E-state index contributed by atoms with van der Waals surface area (Å²) in [5.41, 5.74) is 0.912. The van der Waals surface area contributed by atoms with Crippen molar-refractivity contribution in [2.45, 2.75) is 12.8 Å². The predicted molar refractivity (Wildman–Crippen MR) is 68.8 cm³/mol. The molecule has 1 aromatic carbocycles. The highest BCUT2D eigenvalue weighted by atomic mass is 16.5. The lowest BCUT2D eigenvalue weighted by Crippen LogP contribution is -1.95. The molecule has 0 fully saturated rings. The topological polar surface area (TPSA) is 55.1 Å². The van der Waals surface area contributed by atoms with E-state index in [4.69, 9.17) is 14.7 Å². The lowest BCUT2D eigenvalue weighted by Gasteiger charge is -2.10. The lowest BCUT2D eigenvalue weighted by atomic mass is 10.1. The third-order valence-corrected chi connectivity index (χ3v) is 2.82. The van der Waals surface area contributed by atoms with Gasteiger partial charge < -0.3 is 9.47 Å². The van der Waals surface area contributed by atoms with Crippen LogP contribution >= 0.6 is 0 Å². The Kier molecular flexibility index (Phi) is 3.63. The van der Waals surface area contributed by atoms with Gasteiger partial charge in [0.1, 0.15) is 0 Å². The van der Waals surface area contributed by atoms with E-state index in [9.17, 15) is 0 Å². The number of methoxy groups -OCH3 is 2. The number of nitrogens with zero attached hydrogens (tertiary/aromatic N) is 2. The van der Waals surface area contributed by atoms with Gasteiger partial charge in [-0.15, -0.1) is 0 Å². The molecule has 1 heterocycles. The Morgan fingerprint density at radius 1 is 1.22 bits per heavy atom. The van der Waals surface area contributed by atoms with Gasteiger partial charge in [0.25, 0.3) is 0 Å². The Balaban J connectivity index is 2.58. The minimum atomic E-state index is 0.459. The zero-order chi connectivity index (χ0) is 13.0. The van der Waals surface area contributed by atoms with Crippen LogP contribution in [0.15, 0.2) is 24.4 Å². The second kappa shape index (κ2) is 5.37. The fraction of sp³-hybridized carbons (Fsp3) is 0.286. The number of fused-ring (bicyclic) bond motifs is 1. The van der Waals surface area contributed by atoms with Gasteiger partial charge in [-0.25, -0.2) is 0 Å². The van der Waals surface area contributed by atoms with Gasteiger partial charge in [-0.05, 0) is 23.6 Å². The van der Waals surface area contributed by atoms with Crippen molar-refractivity contribution in [3.8, 4) is 17.6 Å². The summed E-state index contributed by atoms with van der Waals surface area (Å²) >= 11 is 0. The number of hydrogen-bond donors (Lipinski definition) is 0. The van der Waals surface area contributed by atoms with Crippen molar-refractivity contribution in [3.05, 3.63) is 30.1 Å². The monoisotopic (exact) mass is 242 g/mol. The molecule has 4 heteroatoms. The van der Waals surface area contributed by atoms with Crippen molar-refractivity contribution in [2.24, 2.45) is 0 Å². The van der Waals surface area contributed by atoms with E-state index in [0.29, 0.717) is 24.3 Å². The number of pyridine rings is 1. The predicted octanol–water partition coefficient (Wildman–Crippen LogP) is 2.71. The van der Waals surface area contributed by atoms with Crippen LogP contribution in [0, 0.1) is 11.3 Å². The zero-order valence-corrected chi connectivity index (χ0v) is 10.4. The first-order chi connectivity index (χ1) is 8.80. The molecule has 0 amide bonds.